The summed E-state index contributed by atoms with van der Waals surface area (Å²) in [6.07, 6.45) is 2.07. The smallest absolute Gasteiger partial charge is 0.282 e. The molecule has 0 aromatic heterocycles. The van der Waals surface area contributed by atoms with Gasteiger partial charge in [0.2, 0.25) is 0 Å². The van der Waals surface area contributed by atoms with Crippen LogP contribution in [0.4, 0.5) is 5.69 Å². The van der Waals surface area contributed by atoms with Crippen molar-refractivity contribution in [2.45, 2.75) is 40.5 Å². The topological polar surface area (TPSA) is 40.6 Å². The summed E-state index contributed by atoms with van der Waals surface area (Å²) < 4.78 is 0. The van der Waals surface area contributed by atoms with Gasteiger partial charge in [0.25, 0.3) is 11.8 Å². The molecule has 2 aromatic rings. The minimum absolute atomic E-state index is 0.207. The molecule has 0 bridgehead atoms. The standard InChI is InChI=1S/C25H28N2O2/c1-16-5-9-21(10-6-16)27-24(28)22(20-8-7-18(3)19(4)15-20)23(25(27)29)26-13-11-17(2)12-14-26/h5-10,15,17H,11-14H2,1-4H3. The van der Waals surface area contributed by atoms with Gasteiger partial charge in [-0.15, -0.1) is 0 Å². The first-order valence-corrected chi connectivity index (χ1v) is 10.4. The number of piperidine rings is 1. The second-order valence-electron chi connectivity index (χ2n) is 8.47. The maximum Gasteiger partial charge on any atom is 0.282 e. The summed E-state index contributed by atoms with van der Waals surface area (Å²) in [4.78, 5) is 30.5. The predicted molar refractivity (Wildman–Crippen MR) is 116 cm³/mol. The Hall–Kier alpha value is -2.88. The van der Waals surface area contributed by atoms with Crippen LogP contribution >= 0.6 is 0 Å². The van der Waals surface area contributed by atoms with E-state index in [0.717, 1.165) is 42.6 Å². The lowest BCUT2D eigenvalue weighted by atomic mass is 9.96. The van der Waals surface area contributed by atoms with Crippen molar-refractivity contribution in [2.24, 2.45) is 5.92 Å². The van der Waals surface area contributed by atoms with Crippen molar-refractivity contribution < 1.29 is 9.59 Å². The van der Waals surface area contributed by atoms with Gasteiger partial charge in [0.15, 0.2) is 0 Å². The maximum absolute atomic E-state index is 13.5. The van der Waals surface area contributed by atoms with Gasteiger partial charge in [-0.25, -0.2) is 4.90 Å². The first-order valence-electron chi connectivity index (χ1n) is 10.4. The number of amides is 2. The number of anilines is 1. The zero-order chi connectivity index (χ0) is 20.7. The number of nitrogens with zero attached hydrogens (tertiary/aromatic N) is 2. The number of hydrogen-bond donors (Lipinski definition) is 0. The van der Waals surface area contributed by atoms with E-state index in [1.165, 1.54) is 10.5 Å². The molecule has 4 nitrogen and oxygen atoms in total. The molecule has 2 amide bonds. The van der Waals surface area contributed by atoms with E-state index in [2.05, 4.69) is 18.7 Å². The van der Waals surface area contributed by atoms with E-state index in [0.29, 0.717) is 22.9 Å². The Bertz CT molecular complexity index is 996. The molecule has 1 fully saturated rings. The Labute approximate surface area is 172 Å². The van der Waals surface area contributed by atoms with Crippen LogP contribution in [0.25, 0.3) is 5.57 Å². The van der Waals surface area contributed by atoms with Crippen molar-refractivity contribution >= 4 is 23.1 Å². The number of likely N-dealkylation sites (tertiary alicyclic amines) is 1. The summed E-state index contributed by atoms with van der Waals surface area (Å²) in [7, 11) is 0. The first kappa shape index (κ1) is 19.4. The number of benzene rings is 2. The van der Waals surface area contributed by atoms with Crippen LogP contribution < -0.4 is 4.90 Å². The molecule has 0 radical (unpaired) electrons. The molecule has 150 valence electrons. The number of rotatable bonds is 3. The van der Waals surface area contributed by atoms with E-state index in [1.54, 1.807) is 0 Å². The normalized spacial score (nSPS) is 18.2. The molecule has 0 saturated carbocycles. The Kier molecular flexibility index (Phi) is 5.03. The van der Waals surface area contributed by atoms with Crippen molar-refractivity contribution in [3.05, 3.63) is 70.4 Å². The predicted octanol–water partition coefficient (Wildman–Crippen LogP) is 4.63. The lowest BCUT2D eigenvalue weighted by Crippen LogP contribution is -2.38. The van der Waals surface area contributed by atoms with Gasteiger partial charge in [-0.2, -0.15) is 0 Å². The third-order valence-corrected chi connectivity index (χ3v) is 6.25. The molecule has 0 atom stereocenters. The van der Waals surface area contributed by atoms with Gasteiger partial charge >= 0.3 is 0 Å². The lowest BCUT2D eigenvalue weighted by Gasteiger charge is -2.32. The van der Waals surface area contributed by atoms with E-state index in [-0.39, 0.29) is 11.8 Å². The Morgan fingerprint density at radius 1 is 0.828 bits per heavy atom. The SMILES string of the molecule is Cc1ccc(N2C(=O)C(c3ccc(C)c(C)c3)=C(N3CCC(C)CC3)C2=O)cc1. The average Bonchev–Trinajstić information content (AvgIpc) is 2.96. The zero-order valence-corrected chi connectivity index (χ0v) is 17.7. The molecular weight excluding hydrogens is 360 g/mol. The van der Waals surface area contributed by atoms with Crippen molar-refractivity contribution in [1.29, 1.82) is 0 Å². The summed E-state index contributed by atoms with van der Waals surface area (Å²) in [6, 6.07) is 13.6. The van der Waals surface area contributed by atoms with Gasteiger partial charge in [0, 0.05) is 13.1 Å². The van der Waals surface area contributed by atoms with E-state index in [9.17, 15) is 9.59 Å². The molecule has 0 spiro atoms. The van der Waals surface area contributed by atoms with Crippen LogP contribution in [0.15, 0.2) is 48.2 Å². The summed E-state index contributed by atoms with van der Waals surface area (Å²) in [5, 5.41) is 0. The summed E-state index contributed by atoms with van der Waals surface area (Å²) in [5.74, 6) is 0.217. The van der Waals surface area contributed by atoms with Crippen LogP contribution in [0, 0.1) is 26.7 Å². The van der Waals surface area contributed by atoms with Crippen LogP contribution in [0.1, 0.15) is 42.0 Å². The number of imide groups is 1. The zero-order valence-electron chi connectivity index (χ0n) is 17.7. The maximum atomic E-state index is 13.5. The van der Waals surface area contributed by atoms with Gasteiger partial charge in [-0.05, 0) is 68.4 Å². The monoisotopic (exact) mass is 388 g/mol. The van der Waals surface area contributed by atoms with Crippen LogP contribution in [0.2, 0.25) is 0 Å². The molecule has 2 aliphatic rings. The fourth-order valence-corrected chi connectivity index (χ4v) is 4.13. The molecule has 0 N–H and O–H groups in total. The molecule has 2 heterocycles. The number of aryl methyl sites for hydroxylation is 3. The van der Waals surface area contributed by atoms with Crippen LogP contribution in [0.3, 0.4) is 0 Å². The fraction of sp³-hybridized carbons (Fsp3) is 0.360. The van der Waals surface area contributed by atoms with Crippen LogP contribution in [-0.4, -0.2) is 29.8 Å². The van der Waals surface area contributed by atoms with Crippen molar-refractivity contribution in [3.63, 3.8) is 0 Å². The quantitative estimate of drug-likeness (QED) is 0.720. The fourth-order valence-electron chi connectivity index (χ4n) is 4.13. The van der Waals surface area contributed by atoms with Crippen molar-refractivity contribution in [2.75, 3.05) is 18.0 Å². The third-order valence-electron chi connectivity index (χ3n) is 6.25. The minimum Gasteiger partial charge on any atom is -0.366 e. The van der Waals surface area contributed by atoms with Crippen LogP contribution in [0.5, 0.6) is 0 Å². The molecule has 4 rings (SSSR count). The summed E-state index contributed by atoms with van der Waals surface area (Å²) in [5.41, 5.74) is 5.95. The molecule has 0 unspecified atom stereocenters. The molecule has 29 heavy (non-hydrogen) atoms. The highest BCUT2D eigenvalue weighted by atomic mass is 16.2. The van der Waals surface area contributed by atoms with Gasteiger partial charge in [-0.1, -0.05) is 42.8 Å². The second-order valence-corrected chi connectivity index (χ2v) is 8.47. The van der Waals surface area contributed by atoms with Crippen LogP contribution in [-0.2, 0) is 9.59 Å². The van der Waals surface area contributed by atoms with Crippen molar-refractivity contribution in [3.8, 4) is 0 Å². The highest BCUT2D eigenvalue weighted by Gasteiger charge is 2.43. The highest BCUT2D eigenvalue weighted by molar-refractivity contribution is 6.45. The molecule has 4 heteroatoms. The number of hydrogen-bond acceptors (Lipinski definition) is 3. The molecule has 2 aliphatic heterocycles. The Morgan fingerprint density at radius 2 is 1.48 bits per heavy atom. The molecule has 1 saturated heterocycles. The molecule has 0 aliphatic carbocycles. The summed E-state index contributed by atoms with van der Waals surface area (Å²) >= 11 is 0. The van der Waals surface area contributed by atoms with E-state index < -0.39 is 0 Å². The Balaban J connectivity index is 1.82. The van der Waals surface area contributed by atoms with E-state index in [4.69, 9.17) is 0 Å². The van der Waals surface area contributed by atoms with Gasteiger partial charge in [0.1, 0.15) is 5.70 Å². The Morgan fingerprint density at radius 3 is 2.10 bits per heavy atom. The van der Waals surface area contributed by atoms with Gasteiger partial charge in [0.05, 0.1) is 11.3 Å². The van der Waals surface area contributed by atoms with E-state index >= 15 is 0 Å². The minimum atomic E-state index is -0.226. The van der Waals surface area contributed by atoms with Crippen molar-refractivity contribution in [1.82, 2.24) is 4.90 Å². The summed E-state index contributed by atoms with van der Waals surface area (Å²) in [6.45, 7) is 9.96. The molecular formula is C25H28N2O2. The first-order chi connectivity index (χ1) is 13.9. The second kappa shape index (κ2) is 7.51. The third kappa shape index (κ3) is 3.48. The number of carbonyl (C=O) groups is 2. The van der Waals surface area contributed by atoms with E-state index in [1.807, 2.05) is 56.3 Å². The lowest BCUT2D eigenvalue weighted by molar-refractivity contribution is -0.120. The largest absolute Gasteiger partial charge is 0.366 e. The number of carbonyl (C=O) groups excluding carboxylic acids is 2. The van der Waals surface area contributed by atoms with Gasteiger partial charge in [-0.3, -0.25) is 9.59 Å². The van der Waals surface area contributed by atoms with Gasteiger partial charge < -0.3 is 4.90 Å². The molecule has 2 aromatic carbocycles. The average molecular weight is 389 g/mol. The highest BCUT2D eigenvalue weighted by Crippen LogP contribution is 2.36.